The summed E-state index contributed by atoms with van der Waals surface area (Å²) in [5.74, 6) is 0.707. The summed E-state index contributed by atoms with van der Waals surface area (Å²) >= 11 is 0. The summed E-state index contributed by atoms with van der Waals surface area (Å²) < 4.78 is 12.3. The van der Waals surface area contributed by atoms with Crippen LogP contribution in [0, 0.1) is 5.92 Å². The molecule has 0 spiro atoms. The fourth-order valence-corrected chi connectivity index (χ4v) is 4.83. The number of nitrogens with one attached hydrogen (secondary N) is 1. The maximum Gasteiger partial charge on any atom is 0.274 e. The Morgan fingerprint density at radius 1 is 1.26 bits per heavy atom. The molecule has 2 bridgehead atoms. The van der Waals surface area contributed by atoms with Gasteiger partial charge in [0.1, 0.15) is 5.69 Å². The molecule has 148 valence electrons. The highest BCUT2D eigenvalue weighted by Crippen LogP contribution is 2.37. The second kappa shape index (κ2) is 8.12. The van der Waals surface area contributed by atoms with Gasteiger partial charge in [0.05, 0.1) is 13.0 Å². The van der Waals surface area contributed by atoms with Gasteiger partial charge in [0.15, 0.2) is 0 Å². The maximum absolute atomic E-state index is 12.9. The van der Waals surface area contributed by atoms with Crippen LogP contribution in [0.2, 0.25) is 0 Å². The van der Waals surface area contributed by atoms with Crippen molar-refractivity contribution in [1.82, 2.24) is 9.47 Å². The average molecular weight is 375 g/mol. The Bertz CT molecular complexity index is 741. The molecular formula is C20H29N3O4. The van der Waals surface area contributed by atoms with Crippen molar-refractivity contribution in [2.75, 3.05) is 45.3 Å². The first-order valence-corrected chi connectivity index (χ1v) is 10.00. The van der Waals surface area contributed by atoms with E-state index in [4.69, 9.17) is 9.47 Å². The number of aromatic nitrogens is 1. The Kier molecular flexibility index (Phi) is 5.61. The summed E-state index contributed by atoms with van der Waals surface area (Å²) in [6, 6.07) is 4.41. The van der Waals surface area contributed by atoms with E-state index in [-0.39, 0.29) is 17.9 Å². The van der Waals surface area contributed by atoms with Gasteiger partial charge in [-0.25, -0.2) is 0 Å². The van der Waals surface area contributed by atoms with Crippen molar-refractivity contribution in [3.8, 4) is 0 Å². The van der Waals surface area contributed by atoms with Gasteiger partial charge in [-0.2, -0.15) is 0 Å². The molecule has 0 aromatic carbocycles. The van der Waals surface area contributed by atoms with E-state index in [0.717, 1.165) is 57.8 Å². The van der Waals surface area contributed by atoms with Crippen LogP contribution in [0.4, 0.5) is 5.69 Å². The topological polar surface area (TPSA) is 72.8 Å². The standard InChI is InChI=1S/C20H29N3O4/c1-26-7-6-19(24)21-17-2-3-18-15-10-14(12-23(18)20(17)25)11-22(13-15)16-4-8-27-9-5-16/h2-3,14-16H,4-13H2,1H3,(H,21,24)/t14-,15-/m1/s1. The van der Waals surface area contributed by atoms with E-state index in [1.54, 1.807) is 13.2 Å². The molecular weight excluding hydrogens is 346 g/mol. The predicted octanol–water partition coefficient (Wildman–Crippen LogP) is 1.42. The molecule has 0 radical (unpaired) electrons. The van der Waals surface area contributed by atoms with Gasteiger partial charge < -0.3 is 19.4 Å². The molecule has 2 atom stereocenters. The SMILES string of the molecule is COCCC(=O)Nc1ccc2n(c1=O)C[C@@H]1C[C@@H]2CN(C2CCOCC2)C1. The number of hydrogen-bond donors (Lipinski definition) is 1. The number of piperidine rings is 1. The number of rotatable bonds is 5. The van der Waals surface area contributed by atoms with E-state index in [0.29, 0.717) is 30.2 Å². The Labute approximate surface area is 159 Å². The molecule has 4 rings (SSSR count). The molecule has 27 heavy (non-hydrogen) atoms. The zero-order chi connectivity index (χ0) is 18.8. The summed E-state index contributed by atoms with van der Waals surface area (Å²) in [7, 11) is 1.56. The third-order valence-corrected chi connectivity index (χ3v) is 6.15. The average Bonchev–Trinajstić information content (AvgIpc) is 2.69. The molecule has 4 heterocycles. The van der Waals surface area contributed by atoms with Crippen LogP contribution in [0.25, 0.3) is 0 Å². The van der Waals surface area contributed by atoms with Crippen LogP contribution in [0.5, 0.6) is 0 Å². The van der Waals surface area contributed by atoms with E-state index in [1.807, 2.05) is 10.6 Å². The molecule has 0 saturated carbocycles. The van der Waals surface area contributed by atoms with Gasteiger partial charge in [-0.1, -0.05) is 0 Å². The van der Waals surface area contributed by atoms with Crippen LogP contribution in [0.3, 0.4) is 0 Å². The summed E-state index contributed by atoms with van der Waals surface area (Å²) in [6.07, 6.45) is 3.62. The highest BCUT2D eigenvalue weighted by molar-refractivity contribution is 5.90. The molecule has 1 aromatic heterocycles. The fourth-order valence-electron chi connectivity index (χ4n) is 4.83. The first kappa shape index (κ1) is 18.7. The lowest BCUT2D eigenvalue weighted by molar-refractivity contribution is -0.117. The Morgan fingerprint density at radius 3 is 2.85 bits per heavy atom. The monoisotopic (exact) mass is 375 g/mol. The lowest BCUT2D eigenvalue weighted by Crippen LogP contribution is -2.51. The number of nitrogens with zero attached hydrogens (tertiary/aromatic N) is 2. The molecule has 3 aliphatic rings. The number of carbonyl (C=O) groups is 1. The fraction of sp³-hybridized carbons (Fsp3) is 0.700. The van der Waals surface area contributed by atoms with Gasteiger partial charge in [-0.3, -0.25) is 14.5 Å². The van der Waals surface area contributed by atoms with E-state index in [1.165, 1.54) is 0 Å². The maximum atomic E-state index is 12.9. The van der Waals surface area contributed by atoms with E-state index < -0.39 is 0 Å². The quantitative estimate of drug-likeness (QED) is 0.843. The Morgan fingerprint density at radius 2 is 2.07 bits per heavy atom. The number of pyridine rings is 1. The molecule has 0 aliphatic carbocycles. The third-order valence-electron chi connectivity index (χ3n) is 6.15. The second-order valence-electron chi connectivity index (χ2n) is 7.97. The summed E-state index contributed by atoms with van der Waals surface area (Å²) in [4.78, 5) is 27.5. The number of likely N-dealkylation sites (tertiary alicyclic amines) is 1. The van der Waals surface area contributed by atoms with Crippen molar-refractivity contribution >= 4 is 11.6 Å². The van der Waals surface area contributed by atoms with Crippen molar-refractivity contribution in [3.63, 3.8) is 0 Å². The molecule has 2 fully saturated rings. The van der Waals surface area contributed by atoms with Crippen molar-refractivity contribution in [2.24, 2.45) is 5.92 Å². The molecule has 1 amide bonds. The van der Waals surface area contributed by atoms with Crippen LogP contribution in [-0.4, -0.2) is 61.4 Å². The number of anilines is 1. The zero-order valence-electron chi connectivity index (χ0n) is 16.0. The van der Waals surface area contributed by atoms with Crippen LogP contribution in [0.15, 0.2) is 16.9 Å². The predicted molar refractivity (Wildman–Crippen MR) is 102 cm³/mol. The smallest absolute Gasteiger partial charge is 0.274 e. The van der Waals surface area contributed by atoms with Crippen molar-refractivity contribution in [2.45, 2.75) is 44.2 Å². The molecule has 3 aliphatic heterocycles. The minimum Gasteiger partial charge on any atom is -0.384 e. The summed E-state index contributed by atoms with van der Waals surface area (Å²) in [6.45, 7) is 4.88. The second-order valence-corrected chi connectivity index (χ2v) is 7.97. The molecule has 2 saturated heterocycles. The van der Waals surface area contributed by atoms with Gasteiger partial charge in [-0.05, 0) is 37.3 Å². The van der Waals surface area contributed by atoms with Gasteiger partial charge in [0.25, 0.3) is 5.56 Å². The zero-order valence-corrected chi connectivity index (χ0v) is 16.0. The normalized spacial score (nSPS) is 25.8. The molecule has 1 aromatic rings. The third kappa shape index (κ3) is 3.95. The first-order chi connectivity index (χ1) is 13.2. The van der Waals surface area contributed by atoms with Crippen molar-refractivity contribution in [3.05, 3.63) is 28.2 Å². The van der Waals surface area contributed by atoms with E-state index >= 15 is 0 Å². The molecule has 1 N–H and O–H groups in total. The van der Waals surface area contributed by atoms with Crippen molar-refractivity contribution in [1.29, 1.82) is 0 Å². The largest absolute Gasteiger partial charge is 0.384 e. The number of hydrogen-bond acceptors (Lipinski definition) is 5. The minimum atomic E-state index is -0.184. The van der Waals surface area contributed by atoms with E-state index in [2.05, 4.69) is 10.2 Å². The van der Waals surface area contributed by atoms with E-state index in [9.17, 15) is 9.59 Å². The first-order valence-electron chi connectivity index (χ1n) is 10.00. The lowest BCUT2D eigenvalue weighted by Gasteiger charge is -2.46. The summed E-state index contributed by atoms with van der Waals surface area (Å²) in [5.41, 5.74) is 1.41. The van der Waals surface area contributed by atoms with Crippen LogP contribution in [0.1, 0.15) is 37.3 Å². The summed E-state index contributed by atoms with van der Waals surface area (Å²) in [5, 5.41) is 2.74. The highest BCUT2D eigenvalue weighted by atomic mass is 16.5. The van der Waals surface area contributed by atoms with Crippen LogP contribution < -0.4 is 10.9 Å². The minimum absolute atomic E-state index is 0.0764. The number of amides is 1. The Hall–Kier alpha value is -1.70. The molecule has 7 nitrogen and oxygen atoms in total. The van der Waals surface area contributed by atoms with Gasteiger partial charge in [0, 0.05) is 57.6 Å². The van der Waals surface area contributed by atoms with Gasteiger partial charge in [0.2, 0.25) is 5.91 Å². The van der Waals surface area contributed by atoms with Gasteiger partial charge in [-0.15, -0.1) is 0 Å². The van der Waals surface area contributed by atoms with Crippen molar-refractivity contribution < 1.29 is 14.3 Å². The number of methoxy groups -OCH3 is 1. The molecule has 0 unspecified atom stereocenters. The van der Waals surface area contributed by atoms with Crippen LogP contribution >= 0.6 is 0 Å². The molecule has 7 heteroatoms. The number of carbonyl (C=O) groups excluding carboxylic acids is 1. The number of fused-ring (bicyclic) bond motifs is 4. The Balaban J connectivity index is 1.51. The highest BCUT2D eigenvalue weighted by Gasteiger charge is 2.37. The van der Waals surface area contributed by atoms with Crippen LogP contribution in [-0.2, 0) is 20.8 Å². The van der Waals surface area contributed by atoms with Gasteiger partial charge >= 0.3 is 0 Å². The lowest BCUT2D eigenvalue weighted by atomic mass is 9.82. The number of ether oxygens (including phenoxy) is 2.